The molecule has 1 aliphatic rings. The Kier molecular flexibility index (Phi) is 3.04. The van der Waals surface area contributed by atoms with Crippen molar-refractivity contribution in [3.63, 3.8) is 0 Å². The van der Waals surface area contributed by atoms with E-state index in [2.05, 4.69) is 10.2 Å². The second-order valence-corrected chi connectivity index (χ2v) is 4.82. The number of hydrogen-bond donors (Lipinski definition) is 0. The van der Waals surface area contributed by atoms with Crippen molar-refractivity contribution in [2.24, 2.45) is 0 Å². The summed E-state index contributed by atoms with van der Waals surface area (Å²) < 4.78 is 15.2. The first-order valence-electron chi connectivity index (χ1n) is 6.05. The maximum Gasteiger partial charge on any atom is 0.152 e. The molecule has 0 N–H and O–H groups in total. The van der Waals surface area contributed by atoms with E-state index in [0.29, 0.717) is 11.7 Å². The third-order valence-electron chi connectivity index (χ3n) is 3.41. The number of rotatable bonds is 3. The van der Waals surface area contributed by atoms with Gasteiger partial charge in [0.25, 0.3) is 0 Å². The lowest BCUT2D eigenvalue weighted by molar-refractivity contribution is 0.396. The Morgan fingerprint density at radius 3 is 2.78 bits per heavy atom. The first-order chi connectivity index (χ1) is 8.79. The molecule has 0 unspecified atom stereocenters. The minimum atomic E-state index is -0.263. The smallest absolute Gasteiger partial charge is 0.152 e. The molecular weight excluding hydrogens is 253 g/mol. The lowest BCUT2D eigenvalue weighted by Crippen LogP contribution is -2.15. The standard InChI is InChI=1S/C13H13ClFN3/c14-8-12-16-17-13(9-3-1-4-9)18(12)11-6-2-5-10(15)7-11/h2,5-7,9H,1,3-4,8H2. The van der Waals surface area contributed by atoms with Crippen LogP contribution in [0.15, 0.2) is 24.3 Å². The Labute approximate surface area is 110 Å². The van der Waals surface area contributed by atoms with Gasteiger partial charge in [0.1, 0.15) is 11.6 Å². The van der Waals surface area contributed by atoms with Gasteiger partial charge in [-0.3, -0.25) is 4.57 Å². The average Bonchev–Trinajstić information content (AvgIpc) is 2.70. The molecule has 0 radical (unpaired) electrons. The zero-order valence-electron chi connectivity index (χ0n) is 9.81. The number of aromatic nitrogens is 3. The van der Waals surface area contributed by atoms with Crippen molar-refractivity contribution in [2.75, 3.05) is 0 Å². The van der Waals surface area contributed by atoms with Crippen LogP contribution < -0.4 is 0 Å². The van der Waals surface area contributed by atoms with E-state index in [0.717, 1.165) is 24.4 Å². The van der Waals surface area contributed by atoms with Crippen LogP contribution in [0.1, 0.15) is 36.8 Å². The summed E-state index contributed by atoms with van der Waals surface area (Å²) in [5, 5.41) is 8.32. The Balaban J connectivity index is 2.10. The molecule has 0 bridgehead atoms. The molecule has 1 saturated carbocycles. The van der Waals surface area contributed by atoms with E-state index in [-0.39, 0.29) is 11.7 Å². The molecule has 0 amide bonds. The predicted octanol–water partition coefficient (Wildman–Crippen LogP) is 3.41. The predicted molar refractivity (Wildman–Crippen MR) is 67.5 cm³/mol. The topological polar surface area (TPSA) is 30.7 Å². The Hall–Kier alpha value is -1.42. The highest BCUT2D eigenvalue weighted by Crippen LogP contribution is 2.36. The number of nitrogens with zero attached hydrogens (tertiary/aromatic N) is 3. The minimum Gasteiger partial charge on any atom is -0.282 e. The summed E-state index contributed by atoms with van der Waals surface area (Å²) >= 11 is 5.88. The van der Waals surface area contributed by atoms with E-state index in [4.69, 9.17) is 11.6 Å². The molecule has 94 valence electrons. The van der Waals surface area contributed by atoms with Gasteiger partial charge in [-0.1, -0.05) is 12.5 Å². The van der Waals surface area contributed by atoms with Crippen molar-refractivity contribution in [1.29, 1.82) is 0 Å². The largest absolute Gasteiger partial charge is 0.282 e. The summed E-state index contributed by atoms with van der Waals surface area (Å²) in [5.41, 5.74) is 0.748. The van der Waals surface area contributed by atoms with Crippen LogP contribution >= 0.6 is 11.6 Å². The van der Waals surface area contributed by atoms with Crippen LogP contribution in [0.2, 0.25) is 0 Å². The molecule has 2 aromatic rings. The third-order valence-corrected chi connectivity index (χ3v) is 3.65. The molecule has 0 spiro atoms. The van der Waals surface area contributed by atoms with Crippen molar-refractivity contribution in [1.82, 2.24) is 14.8 Å². The van der Waals surface area contributed by atoms with Crippen LogP contribution in [0, 0.1) is 5.82 Å². The van der Waals surface area contributed by atoms with Crippen molar-refractivity contribution in [2.45, 2.75) is 31.1 Å². The molecule has 1 heterocycles. The highest BCUT2D eigenvalue weighted by atomic mass is 35.5. The van der Waals surface area contributed by atoms with Crippen molar-refractivity contribution in [3.8, 4) is 5.69 Å². The number of halogens is 2. The fourth-order valence-corrected chi connectivity index (χ4v) is 2.42. The van der Waals surface area contributed by atoms with Crippen LogP contribution in [-0.4, -0.2) is 14.8 Å². The SMILES string of the molecule is Fc1cccc(-n2c(CCl)nnc2C2CCC2)c1. The average molecular weight is 266 g/mol. The van der Waals surface area contributed by atoms with Crippen LogP contribution in [0.4, 0.5) is 4.39 Å². The summed E-state index contributed by atoms with van der Waals surface area (Å²) in [6, 6.07) is 6.46. The zero-order chi connectivity index (χ0) is 12.5. The van der Waals surface area contributed by atoms with E-state index in [1.807, 2.05) is 10.6 Å². The lowest BCUT2D eigenvalue weighted by Gasteiger charge is -2.25. The molecule has 3 nitrogen and oxygen atoms in total. The first-order valence-corrected chi connectivity index (χ1v) is 6.59. The van der Waals surface area contributed by atoms with Gasteiger partial charge in [0.15, 0.2) is 5.82 Å². The Bertz CT molecular complexity index is 563. The molecule has 1 aliphatic carbocycles. The molecule has 18 heavy (non-hydrogen) atoms. The summed E-state index contributed by atoms with van der Waals surface area (Å²) in [4.78, 5) is 0. The van der Waals surface area contributed by atoms with E-state index in [9.17, 15) is 4.39 Å². The quantitative estimate of drug-likeness (QED) is 0.796. The molecule has 3 rings (SSSR count). The van der Waals surface area contributed by atoms with Crippen LogP contribution in [-0.2, 0) is 5.88 Å². The molecule has 0 saturated heterocycles. The fraction of sp³-hybridized carbons (Fsp3) is 0.385. The van der Waals surface area contributed by atoms with Gasteiger partial charge in [0.2, 0.25) is 0 Å². The van der Waals surface area contributed by atoms with Crippen LogP contribution in [0.5, 0.6) is 0 Å². The first kappa shape index (κ1) is 11.7. The minimum absolute atomic E-state index is 0.263. The number of benzene rings is 1. The second kappa shape index (κ2) is 4.69. The molecule has 1 aromatic heterocycles. The second-order valence-electron chi connectivity index (χ2n) is 4.55. The van der Waals surface area contributed by atoms with Crippen LogP contribution in [0.3, 0.4) is 0 Å². The number of hydrogen-bond acceptors (Lipinski definition) is 2. The fourth-order valence-electron chi connectivity index (χ4n) is 2.24. The van der Waals surface area contributed by atoms with E-state index >= 15 is 0 Å². The van der Waals surface area contributed by atoms with Gasteiger partial charge in [-0.2, -0.15) is 0 Å². The van der Waals surface area contributed by atoms with Gasteiger partial charge in [-0.15, -0.1) is 21.8 Å². The zero-order valence-corrected chi connectivity index (χ0v) is 10.6. The van der Waals surface area contributed by atoms with Gasteiger partial charge in [-0.05, 0) is 31.0 Å². The number of alkyl halides is 1. The molecule has 0 aliphatic heterocycles. The lowest BCUT2D eigenvalue weighted by atomic mass is 9.85. The summed E-state index contributed by atoms with van der Waals surface area (Å²) in [6.45, 7) is 0. The molecular formula is C13H13ClFN3. The van der Waals surface area contributed by atoms with Gasteiger partial charge >= 0.3 is 0 Å². The molecule has 1 aromatic carbocycles. The molecule has 5 heteroatoms. The van der Waals surface area contributed by atoms with Gasteiger partial charge in [0.05, 0.1) is 11.6 Å². The van der Waals surface area contributed by atoms with Gasteiger partial charge in [-0.25, -0.2) is 4.39 Å². The Morgan fingerprint density at radius 2 is 2.17 bits per heavy atom. The van der Waals surface area contributed by atoms with E-state index in [1.54, 1.807) is 6.07 Å². The molecule has 1 fully saturated rings. The van der Waals surface area contributed by atoms with Crippen molar-refractivity contribution in [3.05, 3.63) is 41.7 Å². The van der Waals surface area contributed by atoms with Gasteiger partial charge in [0, 0.05) is 5.92 Å². The van der Waals surface area contributed by atoms with E-state index < -0.39 is 0 Å². The third kappa shape index (κ3) is 1.90. The molecule has 0 atom stereocenters. The summed E-state index contributed by atoms with van der Waals surface area (Å²) in [6.07, 6.45) is 3.46. The van der Waals surface area contributed by atoms with E-state index in [1.165, 1.54) is 18.6 Å². The highest BCUT2D eigenvalue weighted by molar-refractivity contribution is 6.16. The normalized spacial score (nSPS) is 15.7. The van der Waals surface area contributed by atoms with Crippen molar-refractivity contribution >= 4 is 11.6 Å². The monoisotopic (exact) mass is 265 g/mol. The maximum absolute atomic E-state index is 13.3. The van der Waals surface area contributed by atoms with Gasteiger partial charge < -0.3 is 0 Å². The van der Waals surface area contributed by atoms with Crippen LogP contribution in [0.25, 0.3) is 5.69 Å². The summed E-state index contributed by atoms with van der Waals surface area (Å²) in [7, 11) is 0. The highest BCUT2D eigenvalue weighted by Gasteiger charge is 2.27. The maximum atomic E-state index is 13.3. The van der Waals surface area contributed by atoms with Crippen molar-refractivity contribution < 1.29 is 4.39 Å². The summed E-state index contributed by atoms with van der Waals surface area (Å²) in [5.74, 6) is 2.02. The Morgan fingerprint density at radius 1 is 1.33 bits per heavy atom.